The van der Waals surface area contributed by atoms with Crippen LogP contribution in [0.25, 0.3) is 0 Å². The maximum atomic E-state index is 11.9. The van der Waals surface area contributed by atoms with Gasteiger partial charge in [-0.15, -0.1) is 12.3 Å². The number of piperazine rings is 1. The number of hydrogen-bond donors (Lipinski definition) is 0. The first kappa shape index (κ1) is 16.8. The maximum Gasteiger partial charge on any atom is 0.410 e. The van der Waals surface area contributed by atoms with Crippen LogP contribution in [0.4, 0.5) is 4.79 Å². The van der Waals surface area contributed by atoms with Crippen LogP contribution >= 0.6 is 0 Å². The van der Waals surface area contributed by atoms with Crippen molar-refractivity contribution in [1.82, 2.24) is 9.80 Å². The van der Waals surface area contributed by atoms with Crippen molar-refractivity contribution in [3.8, 4) is 12.3 Å². The minimum absolute atomic E-state index is 0.189. The maximum absolute atomic E-state index is 11.9. The SMILES string of the molecule is C#CCCCCCN1CCN(C(=O)OC(C)(C)C)CC1. The Morgan fingerprint density at radius 2 is 1.80 bits per heavy atom. The summed E-state index contributed by atoms with van der Waals surface area (Å²) in [6.07, 6.45) is 9.42. The number of ether oxygens (including phenoxy) is 1. The first-order chi connectivity index (χ1) is 9.42. The fraction of sp³-hybridized carbons (Fsp3) is 0.812. The van der Waals surface area contributed by atoms with Gasteiger partial charge in [0.15, 0.2) is 0 Å². The molecule has 0 aromatic rings. The molecule has 0 aromatic carbocycles. The highest BCUT2D eigenvalue weighted by atomic mass is 16.6. The Morgan fingerprint density at radius 3 is 2.35 bits per heavy atom. The molecule has 1 heterocycles. The molecule has 1 aliphatic rings. The van der Waals surface area contributed by atoms with E-state index in [0.717, 1.165) is 45.6 Å². The van der Waals surface area contributed by atoms with Crippen LogP contribution < -0.4 is 0 Å². The molecule has 0 spiro atoms. The van der Waals surface area contributed by atoms with Gasteiger partial charge in [-0.05, 0) is 40.2 Å². The average molecular weight is 280 g/mol. The van der Waals surface area contributed by atoms with Gasteiger partial charge in [-0.3, -0.25) is 4.90 Å². The van der Waals surface area contributed by atoms with Crippen molar-refractivity contribution in [1.29, 1.82) is 0 Å². The van der Waals surface area contributed by atoms with Crippen LogP contribution in [0.1, 0.15) is 46.5 Å². The fourth-order valence-electron chi connectivity index (χ4n) is 2.22. The van der Waals surface area contributed by atoms with Gasteiger partial charge in [-0.25, -0.2) is 4.79 Å². The van der Waals surface area contributed by atoms with Crippen molar-refractivity contribution in [2.75, 3.05) is 32.7 Å². The molecule has 20 heavy (non-hydrogen) atoms. The molecule has 0 N–H and O–H groups in total. The zero-order valence-electron chi connectivity index (χ0n) is 13.2. The van der Waals surface area contributed by atoms with Crippen molar-refractivity contribution >= 4 is 6.09 Å². The summed E-state index contributed by atoms with van der Waals surface area (Å²) in [6.45, 7) is 10.2. The Kier molecular flexibility index (Phi) is 6.87. The van der Waals surface area contributed by atoms with Crippen molar-refractivity contribution in [2.45, 2.75) is 52.1 Å². The Labute approximate surface area is 123 Å². The highest BCUT2D eigenvalue weighted by molar-refractivity contribution is 5.68. The Hall–Kier alpha value is -1.21. The molecular formula is C16H28N2O2. The Balaban J connectivity index is 2.17. The van der Waals surface area contributed by atoms with Gasteiger partial charge in [0, 0.05) is 32.6 Å². The molecule has 4 nitrogen and oxygen atoms in total. The summed E-state index contributed by atoms with van der Waals surface area (Å²) in [4.78, 5) is 16.1. The van der Waals surface area contributed by atoms with Crippen molar-refractivity contribution in [3.05, 3.63) is 0 Å². The summed E-state index contributed by atoms with van der Waals surface area (Å²) >= 11 is 0. The number of carbonyl (C=O) groups excluding carboxylic acids is 1. The van der Waals surface area contributed by atoms with Crippen LogP contribution in [0.5, 0.6) is 0 Å². The molecule has 0 saturated carbocycles. The molecule has 1 aliphatic heterocycles. The van der Waals surface area contributed by atoms with Gasteiger partial charge >= 0.3 is 6.09 Å². The van der Waals surface area contributed by atoms with Crippen LogP contribution in [0, 0.1) is 12.3 Å². The second kappa shape index (κ2) is 8.16. The molecule has 1 amide bonds. The van der Waals surface area contributed by atoms with Gasteiger partial charge in [0.25, 0.3) is 0 Å². The molecule has 4 heteroatoms. The van der Waals surface area contributed by atoms with Gasteiger partial charge in [-0.1, -0.05) is 6.42 Å². The summed E-state index contributed by atoms with van der Waals surface area (Å²) in [6, 6.07) is 0. The van der Waals surface area contributed by atoms with Gasteiger partial charge in [0.05, 0.1) is 0 Å². The zero-order chi connectivity index (χ0) is 15.0. The molecule has 1 fully saturated rings. The van der Waals surface area contributed by atoms with Crippen LogP contribution in [0.3, 0.4) is 0 Å². The molecule has 0 bridgehead atoms. The third kappa shape index (κ3) is 6.81. The van der Waals surface area contributed by atoms with E-state index in [1.165, 1.54) is 12.8 Å². The van der Waals surface area contributed by atoms with E-state index in [0.29, 0.717) is 0 Å². The summed E-state index contributed by atoms with van der Waals surface area (Å²) in [5, 5.41) is 0. The molecule has 0 unspecified atom stereocenters. The first-order valence-corrected chi connectivity index (χ1v) is 7.56. The number of unbranched alkanes of at least 4 members (excludes halogenated alkanes) is 3. The first-order valence-electron chi connectivity index (χ1n) is 7.56. The van der Waals surface area contributed by atoms with E-state index in [1.54, 1.807) is 4.90 Å². The lowest BCUT2D eigenvalue weighted by Gasteiger charge is -2.35. The highest BCUT2D eigenvalue weighted by Gasteiger charge is 2.25. The summed E-state index contributed by atoms with van der Waals surface area (Å²) in [5.74, 6) is 2.67. The van der Waals surface area contributed by atoms with Crippen molar-refractivity contribution in [3.63, 3.8) is 0 Å². The third-order valence-corrected chi connectivity index (χ3v) is 3.32. The highest BCUT2D eigenvalue weighted by Crippen LogP contribution is 2.12. The van der Waals surface area contributed by atoms with Crippen molar-refractivity contribution in [2.24, 2.45) is 0 Å². The molecule has 0 radical (unpaired) electrons. The lowest BCUT2D eigenvalue weighted by atomic mass is 10.2. The molecule has 1 rings (SSSR count). The van der Waals surface area contributed by atoms with Gasteiger partial charge < -0.3 is 9.64 Å². The van der Waals surface area contributed by atoms with E-state index in [1.807, 2.05) is 20.8 Å². The largest absolute Gasteiger partial charge is 0.444 e. The summed E-state index contributed by atoms with van der Waals surface area (Å²) in [7, 11) is 0. The van der Waals surface area contributed by atoms with Crippen LogP contribution in [0.2, 0.25) is 0 Å². The summed E-state index contributed by atoms with van der Waals surface area (Å²) < 4.78 is 5.39. The van der Waals surface area contributed by atoms with E-state index in [9.17, 15) is 4.79 Å². The lowest BCUT2D eigenvalue weighted by molar-refractivity contribution is 0.0144. The monoisotopic (exact) mass is 280 g/mol. The topological polar surface area (TPSA) is 32.8 Å². The third-order valence-electron chi connectivity index (χ3n) is 3.32. The number of terminal acetylenes is 1. The molecule has 0 atom stereocenters. The smallest absolute Gasteiger partial charge is 0.410 e. The number of hydrogen-bond acceptors (Lipinski definition) is 3. The van der Waals surface area contributed by atoms with E-state index in [-0.39, 0.29) is 6.09 Å². The Bertz CT molecular complexity index is 333. The second-order valence-electron chi connectivity index (χ2n) is 6.32. The summed E-state index contributed by atoms with van der Waals surface area (Å²) in [5.41, 5.74) is -0.411. The lowest BCUT2D eigenvalue weighted by Crippen LogP contribution is -2.50. The van der Waals surface area contributed by atoms with Crippen LogP contribution in [-0.2, 0) is 4.74 Å². The molecule has 1 saturated heterocycles. The molecular weight excluding hydrogens is 252 g/mol. The Morgan fingerprint density at radius 1 is 1.15 bits per heavy atom. The number of rotatable bonds is 5. The second-order valence-corrected chi connectivity index (χ2v) is 6.32. The molecule has 0 aliphatic carbocycles. The zero-order valence-corrected chi connectivity index (χ0v) is 13.2. The number of nitrogens with zero attached hydrogens (tertiary/aromatic N) is 2. The van der Waals surface area contributed by atoms with Gasteiger partial charge in [0.2, 0.25) is 0 Å². The minimum atomic E-state index is -0.411. The number of carbonyl (C=O) groups is 1. The van der Waals surface area contributed by atoms with Crippen LogP contribution in [0.15, 0.2) is 0 Å². The predicted molar refractivity (Wildman–Crippen MR) is 81.5 cm³/mol. The minimum Gasteiger partial charge on any atom is -0.444 e. The normalized spacial score (nSPS) is 16.8. The quantitative estimate of drug-likeness (QED) is 0.573. The molecule has 114 valence electrons. The number of amides is 1. The predicted octanol–water partition coefficient (Wildman–Crippen LogP) is 2.73. The van der Waals surface area contributed by atoms with E-state index >= 15 is 0 Å². The van der Waals surface area contributed by atoms with Crippen LogP contribution in [-0.4, -0.2) is 54.2 Å². The fourth-order valence-corrected chi connectivity index (χ4v) is 2.22. The van der Waals surface area contributed by atoms with E-state index in [4.69, 9.17) is 11.2 Å². The average Bonchev–Trinajstić information content (AvgIpc) is 2.37. The van der Waals surface area contributed by atoms with E-state index < -0.39 is 5.60 Å². The van der Waals surface area contributed by atoms with Gasteiger partial charge in [0.1, 0.15) is 5.60 Å². The van der Waals surface area contributed by atoms with Gasteiger partial charge in [-0.2, -0.15) is 0 Å². The molecule has 0 aromatic heterocycles. The van der Waals surface area contributed by atoms with Crippen molar-refractivity contribution < 1.29 is 9.53 Å². The standard InChI is InChI=1S/C16H28N2O2/c1-5-6-7-8-9-10-17-11-13-18(14-12-17)15(19)20-16(2,3)4/h1H,6-14H2,2-4H3. The van der Waals surface area contributed by atoms with E-state index in [2.05, 4.69) is 10.8 Å².